The van der Waals surface area contributed by atoms with Crippen molar-refractivity contribution in [3.05, 3.63) is 87.9 Å². The lowest BCUT2D eigenvalue weighted by Gasteiger charge is -2.28. The number of halogens is 1. The van der Waals surface area contributed by atoms with Gasteiger partial charge in [0.2, 0.25) is 11.8 Å². The number of aryl methyl sites for hydroxylation is 1. The molecule has 0 fully saturated rings. The van der Waals surface area contributed by atoms with Gasteiger partial charge >= 0.3 is 0 Å². The Morgan fingerprint density at radius 3 is 2.66 bits per heavy atom. The molecule has 3 aromatic carbocycles. The highest BCUT2D eigenvalue weighted by atomic mass is 79.9. The van der Waals surface area contributed by atoms with Gasteiger partial charge in [-0.2, -0.15) is 0 Å². The molecule has 2 amide bonds. The Morgan fingerprint density at radius 1 is 1.16 bits per heavy atom. The number of anilines is 1. The summed E-state index contributed by atoms with van der Waals surface area (Å²) in [5.41, 5.74) is 9.99. The minimum Gasteiger partial charge on any atom is -0.455 e. The summed E-state index contributed by atoms with van der Waals surface area (Å²) in [6.07, 6.45) is 1.16. The van der Waals surface area contributed by atoms with Gasteiger partial charge in [0.25, 0.3) is 0 Å². The number of benzene rings is 3. The molecule has 5 rings (SSSR count). The summed E-state index contributed by atoms with van der Waals surface area (Å²) in [6, 6.07) is 20.6. The maximum Gasteiger partial charge on any atom is 0.249 e. The van der Waals surface area contributed by atoms with Crippen LogP contribution in [0.1, 0.15) is 37.0 Å². The molecule has 0 saturated heterocycles. The Labute approximate surface area is 229 Å². The maximum absolute atomic E-state index is 13.8. The second kappa shape index (κ2) is 10.4. The standard InChI is InChI=1S/C30H30BrN3O4/c1-30(2,32)29(37)33-23-13-12-19-7-4-6-10-24(19)34(28(23)36)16-18-11-14-25-22(15-18)26(31)27(38-25)21-9-5-3-8-20(21)17-35/h3-11,14-15,23,35H,12-13,16-17,32H2,1-2H3,(H,33,37)/t23-/m1/s1. The molecule has 7 nitrogen and oxygen atoms in total. The average molecular weight is 576 g/mol. The Balaban J connectivity index is 1.50. The molecule has 4 aromatic rings. The van der Waals surface area contributed by atoms with E-state index in [1.807, 2.05) is 66.7 Å². The van der Waals surface area contributed by atoms with Crippen molar-refractivity contribution >= 4 is 44.4 Å². The largest absolute Gasteiger partial charge is 0.455 e. The molecule has 1 aliphatic rings. The van der Waals surface area contributed by atoms with Crippen LogP contribution in [0.4, 0.5) is 5.69 Å². The summed E-state index contributed by atoms with van der Waals surface area (Å²) >= 11 is 3.70. The van der Waals surface area contributed by atoms with E-state index in [0.717, 1.165) is 37.8 Å². The maximum atomic E-state index is 13.8. The van der Waals surface area contributed by atoms with Gasteiger partial charge in [-0.3, -0.25) is 9.59 Å². The number of nitrogens with zero attached hydrogens (tertiary/aromatic N) is 1. The van der Waals surface area contributed by atoms with E-state index in [4.69, 9.17) is 10.2 Å². The van der Waals surface area contributed by atoms with Gasteiger partial charge in [-0.05, 0) is 77.5 Å². The predicted octanol–water partition coefficient (Wildman–Crippen LogP) is 5.06. The van der Waals surface area contributed by atoms with Crippen LogP contribution in [0.3, 0.4) is 0 Å². The van der Waals surface area contributed by atoms with Crippen LogP contribution in [-0.4, -0.2) is 28.5 Å². The van der Waals surface area contributed by atoms with Crippen LogP contribution in [0.15, 0.2) is 75.6 Å². The zero-order chi connectivity index (χ0) is 27.0. The molecule has 38 heavy (non-hydrogen) atoms. The average Bonchev–Trinajstić information content (AvgIpc) is 3.17. The van der Waals surface area contributed by atoms with Crippen molar-refractivity contribution in [2.75, 3.05) is 4.90 Å². The Bertz CT molecular complexity index is 1520. The molecular weight excluding hydrogens is 546 g/mol. The molecule has 4 N–H and O–H groups in total. The highest BCUT2D eigenvalue weighted by Crippen LogP contribution is 2.40. The Morgan fingerprint density at radius 2 is 1.89 bits per heavy atom. The molecule has 2 heterocycles. The monoisotopic (exact) mass is 575 g/mol. The zero-order valence-corrected chi connectivity index (χ0v) is 22.9. The van der Waals surface area contributed by atoms with Gasteiger partial charge in [0, 0.05) is 16.6 Å². The molecule has 0 unspecified atom stereocenters. The quantitative estimate of drug-likeness (QED) is 0.298. The third kappa shape index (κ3) is 4.99. The summed E-state index contributed by atoms with van der Waals surface area (Å²) in [4.78, 5) is 28.2. The second-order valence-corrected chi connectivity index (χ2v) is 11.0. The molecule has 0 spiro atoms. The van der Waals surface area contributed by atoms with Gasteiger partial charge < -0.3 is 25.5 Å². The van der Waals surface area contributed by atoms with Crippen LogP contribution < -0.4 is 16.0 Å². The SMILES string of the molecule is CC(C)(N)C(=O)N[C@@H]1CCc2ccccc2N(Cc2ccc3oc(-c4ccccc4CO)c(Br)c3c2)C1=O. The minimum atomic E-state index is -1.09. The van der Waals surface area contributed by atoms with Gasteiger partial charge in [-0.1, -0.05) is 48.5 Å². The van der Waals surface area contributed by atoms with Crippen molar-refractivity contribution in [3.8, 4) is 11.3 Å². The van der Waals surface area contributed by atoms with Crippen molar-refractivity contribution in [1.29, 1.82) is 0 Å². The van der Waals surface area contributed by atoms with Crippen LogP contribution in [0.25, 0.3) is 22.3 Å². The number of nitrogens with one attached hydrogen (secondary N) is 1. The van der Waals surface area contributed by atoms with E-state index in [2.05, 4.69) is 21.2 Å². The fourth-order valence-electron chi connectivity index (χ4n) is 4.81. The fraction of sp³-hybridized carbons (Fsp3) is 0.267. The first-order valence-electron chi connectivity index (χ1n) is 12.6. The number of rotatable bonds is 6. The van der Waals surface area contributed by atoms with E-state index in [0.29, 0.717) is 30.7 Å². The van der Waals surface area contributed by atoms with Gasteiger partial charge in [-0.25, -0.2) is 0 Å². The number of carbonyl (C=O) groups excluding carboxylic acids is 2. The number of aliphatic hydroxyl groups excluding tert-OH is 1. The van der Waals surface area contributed by atoms with Gasteiger partial charge in [0.05, 0.1) is 23.2 Å². The Kier molecular flexibility index (Phi) is 7.13. The van der Waals surface area contributed by atoms with E-state index in [1.54, 1.807) is 18.7 Å². The number of carbonyl (C=O) groups is 2. The first-order chi connectivity index (χ1) is 18.2. The first kappa shape index (κ1) is 26.2. The number of amides is 2. The number of hydrogen-bond donors (Lipinski definition) is 3. The van der Waals surface area contributed by atoms with Gasteiger partial charge in [-0.15, -0.1) is 0 Å². The van der Waals surface area contributed by atoms with Crippen LogP contribution >= 0.6 is 15.9 Å². The molecule has 0 saturated carbocycles. The number of para-hydroxylation sites is 1. The lowest BCUT2D eigenvalue weighted by molar-refractivity contribution is -0.130. The molecule has 1 atom stereocenters. The van der Waals surface area contributed by atoms with Crippen LogP contribution in [0.2, 0.25) is 0 Å². The van der Waals surface area contributed by atoms with Crippen molar-refractivity contribution in [3.63, 3.8) is 0 Å². The number of nitrogens with two attached hydrogens (primary N) is 1. The summed E-state index contributed by atoms with van der Waals surface area (Å²) in [7, 11) is 0. The van der Waals surface area contributed by atoms with Gasteiger partial charge in [0.1, 0.15) is 17.4 Å². The zero-order valence-electron chi connectivity index (χ0n) is 21.3. The number of furan rings is 1. The Hall–Kier alpha value is -3.46. The first-order valence-corrected chi connectivity index (χ1v) is 13.4. The summed E-state index contributed by atoms with van der Waals surface area (Å²) < 4.78 is 6.95. The number of fused-ring (bicyclic) bond motifs is 2. The summed E-state index contributed by atoms with van der Waals surface area (Å²) in [6.45, 7) is 3.48. The summed E-state index contributed by atoms with van der Waals surface area (Å²) in [5.74, 6) is 0.114. The van der Waals surface area contributed by atoms with Crippen molar-refractivity contribution < 1.29 is 19.1 Å². The predicted molar refractivity (Wildman–Crippen MR) is 151 cm³/mol. The van der Waals surface area contributed by atoms with Crippen molar-refractivity contribution in [1.82, 2.24) is 5.32 Å². The van der Waals surface area contributed by atoms with E-state index >= 15 is 0 Å². The van der Waals surface area contributed by atoms with E-state index in [-0.39, 0.29) is 18.4 Å². The fourth-order valence-corrected chi connectivity index (χ4v) is 5.41. The highest BCUT2D eigenvalue weighted by molar-refractivity contribution is 9.10. The molecule has 0 bridgehead atoms. The molecule has 0 aliphatic carbocycles. The third-order valence-electron chi connectivity index (χ3n) is 6.90. The second-order valence-electron chi connectivity index (χ2n) is 10.2. The van der Waals surface area contributed by atoms with E-state index in [9.17, 15) is 14.7 Å². The lowest BCUT2D eigenvalue weighted by Crippen LogP contribution is -2.56. The third-order valence-corrected chi connectivity index (χ3v) is 7.69. The summed E-state index contributed by atoms with van der Waals surface area (Å²) in [5, 5.41) is 13.5. The van der Waals surface area contributed by atoms with Crippen LogP contribution in [-0.2, 0) is 29.2 Å². The molecule has 8 heteroatoms. The highest BCUT2D eigenvalue weighted by Gasteiger charge is 2.34. The van der Waals surface area contributed by atoms with Gasteiger partial charge in [0.15, 0.2) is 0 Å². The van der Waals surface area contributed by atoms with Crippen molar-refractivity contribution in [2.45, 2.75) is 51.4 Å². The van der Waals surface area contributed by atoms with Crippen LogP contribution in [0, 0.1) is 0 Å². The topological polar surface area (TPSA) is 109 Å². The number of aliphatic hydroxyl groups is 1. The molecular formula is C30H30BrN3O4. The van der Waals surface area contributed by atoms with E-state index < -0.39 is 11.6 Å². The molecule has 196 valence electrons. The minimum absolute atomic E-state index is 0.0968. The lowest BCUT2D eigenvalue weighted by atomic mass is 10.0. The molecule has 1 aromatic heterocycles. The molecule has 0 radical (unpaired) electrons. The van der Waals surface area contributed by atoms with E-state index in [1.165, 1.54) is 0 Å². The number of hydrogen-bond acceptors (Lipinski definition) is 5. The normalized spacial score (nSPS) is 15.9. The molecule has 1 aliphatic heterocycles. The smallest absolute Gasteiger partial charge is 0.249 e. The van der Waals surface area contributed by atoms with Crippen LogP contribution in [0.5, 0.6) is 0 Å². The van der Waals surface area contributed by atoms with Crippen molar-refractivity contribution in [2.24, 2.45) is 5.73 Å².